The van der Waals surface area contributed by atoms with Crippen LogP contribution in [0.3, 0.4) is 0 Å². The molecular weight excluding hydrogens is 455 g/mol. The first-order valence-electron chi connectivity index (χ1n) is 11.8. The van der Waals surface area contributed by atoms with E-state index in [4.69, 9.17) is 22.1 Å². The number of hydrogen-bond donors (Lipinski definition) is 1. The Hall–Kier alpha value is -2.77. The number of aromatic nitrogens is 1. The lowest BCUT2D eigenvalue weighted by molar-refractivity contribution is 0.0990. The topological polar surface area (TPSA) is 63.7 Å². The summed E-state index contributed by atoms with van der Waals surface area (Å²) >= 11 is 6.43. The Kier molecular flexibility index (Phi) is 7.63. The van der Waals surface area contributed by atoms with Gasteiger partial charge in [-0.15, -0.1) is 0 Å². The van der Waals surface area contributed by atoms with Crippen LogP contribution in [-0.4, -0.2) is 61.4 Å². The van der Waals surface area contributed by atoms with Crippen molar-refractivity contribution in [2.45, 2.75) is 32.5 Å². The second-order valence-corrected chi connectivity index (χ2v) is 9.17. The second-order valence-electron chi connectivity index (χ2n) is 8.76. The van der Waals surface area contributed by atoms with Gasteiger partial charge in [0.05, 0.1) is 17.8 Å². The summed E-state index contributed by atoms with van der Waals surface area (Å²) in [4.78, 5) is 16.3. The van der Waals surface area contributed by atoms with E-state index in [1.165, 1.54) is 5.56 Å². The number of amides is 1. The number of halogens is 2. The van der Waals surface area contributed by atoms with Crippen LogP contribution in [0.2, 0.25) is 5.02 Å². The van der Waals surface area contributed by atoms with E-state index >= 15 is 0 Å². The molecule has 1 aliphatic heterocycles. The molecule has 1 amide bonds. The van der Waals surface area contributed by atoms with Crippen LogP contribution in [0, 0.1) is 0 Å². The van der Waals surface area contributed by atoms with E-state index < -0.39 is 12.1 Å². The number of methoxy groups -OCH3 is 1. The fourth-order valence-electron chi connectivity index (χ4n) is 4.74. The summed E-state index contributed by atoms with van der Waals surface area (Å²) in [5, 5.41) is 1.56. The maximum atomic E-state index is 15.0. The predicted octanol–water partition coefficient (Wildman–Crippen LogP) is 4.52. The second kappa shape index (κ2) is 10.7. The molecular formula is C26H32ClFN4O2. The Morgan fingerprint density at radius 2 is 1.91 bits per heavy atom. The predicted molar refractivity (Wildman–Crippen MR) is 136 cm³/mol. The van der Waals surface area contributed by atoms with Crippen molar-refractivity contribution in [3.8, 4) is 5.75 Å². The number of anilines is 1. The van der Waals surface area contributed by atoms with Crippen LogP contribution >= 0.6 is 11.6 Å². The molecule has 182 valence electrons. The Labute approximate surface area is 205 Å². The van der Waals surface area contributed by atoms with Gasteiger partial charge in [0.25, 0.3) is 5.91 Å². The molecule has 1 fully saturated rings. The molecule has 4 rings (SSSR count). The zero-order valence-corrected chi connectivity index (χ0v) is 20.5. The number of fused-ring (bicyclic) bond motifs is 1. The van der Waals surface area contributed by atoms with Crippen LogP contribution in [0.5, 0.6) is 5.75 Å². The Morgan fingerprint density at radius 3 is 2.59 bits per heavy atom. The Bertz CT molecular complexity index is 1160. The summed E-state index contributed by atoms with van der Waals surface area (Å²) in [7, 11) is 1.64. The average molecular weight is 487 g/mol. The lowest BCUT2D eigenvalue weighted by Gasteiger charge is -2.37. The third kappa shape index (κ3) is 5.15. The van der Waals surface area contributed by atoms with Gasteiger partial charge in [-0.3, -0.25) is 9.69 Å². The third-order valence-corrected chi connectivity index (χ3v) is 6.88. The number of rotatable bonds is 9. The van der Waals surface area contributed by atoms with E-state index in [2.05, 4.69) is 22.8 Å². The summed E-state index contributed by atoms with van der Waals surface area (Å²) in [5.74, 6) is 0.199. The highest BCUT2D eigenvalue weighted by Crippen LogP contribution is 2.37. The van der Waals surface area contributed by atoms with E-state index in [-0.39, 0.29) is 0 Å². The Morgan fingerprint density at radius 1 is 1.18 bits per heavy atom. The first-order chi connectivity index (χ1) is 16.4. The summed E-state index contributed by atoms with van der Waals surface area (Å²) in [6.07, 6.45) is 0.219. The van der Waals surface area contributed by atoms with Gasteiger partial charge in [-0.2, -0.15) is 0 Å². The molecule has 3 aromatic rings. The highest BCUT2D eigenvalue weighted by Gasteiger charge is 2.24. The molecule has 2 heterocycles. The van der Waals surface area contributed by atoms with Crippen molar-refractivity contribution < 1.29 is 13.9 Å². The molecule has 0 aliphatic carbocycles. The molecule has 1 aliphatic rings. The highest BCUT2D eigenvalue weighted by atomic mass is 35.5. The summed E-state index contributed by atoms with van der Waals surface area (Å²) < 4.78 is 22.4. The van der Waals surface area contributed by atoms with Crippen LogP contribution in [0.1, 0.15) is 29.4 Å². The van der Waals surface area contributed by atoms with Gasteiger partial charge in [0.1, 0.15) is 11.9 Å². The maximum absolute atomic E-state index is 15.0. The van der Waals surface area contributed by atoms with E-state index in [0.717, 1.165) is 49.2 Å². The summed E-state index contributed by atoms with van der Waals surface area (Å²) in [6.45, 7) is 5.96. The van der Waals surface area contributed by atoms with Crippen molar-refractivity contribution in [3.05, 3.63) is 58.7 Å². The molecule has 1 atom stereocenters. The monoisotopic (exact) mass is 486 g/mol. The number of carbonyl (C=O) groups is 1. The smallest absolute Gasteiger partial charge is 0.265 e. The van der Waals surface area contributed by atoms with E-state index in [1.807, 2.05) is 34.9 Å². The van der Waals surface area contributed by atoms with Crippen LogP contribution in [0.15, 0.2) is 42.5 Å². The molecule has 0 spiro atoms. The molecule has 8 heteroatoms. The van der Waals surface area contributed by atoms with E-state index in [1.54, 1.807) is 13.2 Å². The summed E-state index contributed by atoms with van der Waals surface area (Å²) in [5.41, 5.74) is 9.05. The number of alkyl halides is 1. The van der Waals surface area contributed by atoms with Crippen molar-refractivity contribution in [3.63, 3.8) is 0 Å². The lowest BCUT2D eigenvalue weighted by atomic mass is 10.1. The quantitative estimate of drug-likeness (QED) is 0.483. The molecule has 1 saturated heterocycles. The van der Waals surface area contributed by atoms with E-state index in [0.29, 0.717) is 36.0 Å². The Balaban J connectivity index is 1.35. The number of nitrogens with zero attached hydrogens (tertiary/aromatic N) is 3. The minimum Gasteiger partial charge on any atom is -0.493 e. The standard InChI is InChI=1S/C26H32ClFN4O2/c1-3-18-14-21(27)25(34-2)23(15-18)31-12-10-30(11-13-31)17-20(28)8-9-32-22-7-5-4-6-19(22)16-24(32)26(29)33/h4-7,14-16,20H,3,8-13,17H2,1-2H3,(H2,29,33)/t20-/m0/s1. The molecule has 0 unspecified atom stereocenters. The zero-order chi connectivity index (χ0) is 24.2. The number of benzene rings is 2. The van der Waals surface area contributed by atoms with Gasteiger partial charge in [-0.25, -0.2) is 4.39 Å². The first kappa shape index (κ1) is 24.4. The van der Waals surface area contributed by atoms with Gasteiger partial charge < -0.3 is 19.9 Å². The highest BCUT2D eigenvalue weighted by molar-refractivity contribution is 6.32. The van der Waals surface area contributed by atoms with Gasteiger partial charge in [0.15, 0.2) is 5.75 Å². The number of primary amides is 1. The van der Waals surface area contributed by atoms with Crippen LogP contribution in [-0.2, 0) is 13.0 Å². The van der Waals surface area contributed by atoms with Crippen LogP contribution in [0.25, 0.3) is 10.9 Å². The molecule has 0 saturated carbocycles. The largest absolute Gasteiger partial charge is 0.493 e. The zero-order valence-electron chi connectivity index (χ0n) is 19.8. The molecule has 1 aromatic heterocycles. The SMILES string of the molecule is CCc1cc(Cl)c(OC)c(N2CCN(C[C@@H](F)CCn3c(C(N)=O)cc4ccccc43)CC2)c1. The number of carbonyl (C=O) groups excluding carboxylic acids is 1. The number of para-hydroxylation sites is 1. The molecule has 6 nitrogen and oxygen atoms in total. The van der Waals surface area contributed by atoms with Crippen molar-refractivity contribution in [2.75, 3.05) is 44.7 Å². The van der Waals surface area contributed by atoms with Crippen molar-refractivity contribution >= 4 is 34.1 Å². The van der Waals surface area contributed by atoms with Crippen LogP contribution in [0.4, 0.5) is 10.1 Å². The van der Waals surface area contributed by atoms with Crippen LogP contribution < -0.4 is 15.4 Å². The number of ether oxygens (including phenoxy) is 1. The average Bonchev–Trinajstić information content (AvgIpc) is 3.21. The fraction of sp³-hybridized carbons (Fsp3) is 0.423. The number of hydrogen-bond acceptors (Lipinski definition) is 4. The fourth-order valence-corrected chi connectivity index (χ4v) is 5.06. The van der Waals surface area contributed by atoms with Gasteiger partial charge >= 0.3 is 0 Å². The maximum Gasteiger partial charge on any atom is 0.265 e. The first-order valence-corrected chi connectivity index (χ1v) is 12.1. The van der Waals surface area contributed by atoms with Crippen molar-refractivity contribution in [1.82, 2.24) is 9.47 Å². The van der Waals surface area contributed by atoms with Crippen molar-refractivity contribution in [1.29, 1.82) is 0 Å². The van der Waals surface area contributed by atoms with Crippen molar-refractivity contribution in [2.24, 2.45) is 5.73 Å². The summed E-state index contributed by atoms with van der Waals surface area (Å²) in [6, 6.07) is 13.6. The number of piperazine rings is 1. The van der Waals surface area contributed by atoms with Gasteiger partial charge in [0.2, 0.25) is 0 Å². The molecule has 0 radical (unpaired) electrons. The van der Waals surface area contributed by atoms with Gasteiger partial charge in [-0.1, -0.05) is 36.7 Å². The van der Waals surface area contributed by atoms with Gasteiger partial charge in [0, 0.05) is 50.2 Å². The minimum atomic E-state index is -0.999. The van der Waals surface area contributed by atoms with E-state index in [9.17, 15) is 9.18 Å². The van der Waals surface area contributed by atoms with Gasteiger partial charge in [-0.05, 0) is 42.7 Å². The number of aryl methyl sites for hydroxylation is 2. The molecule has 2 aromatic carbocycles. The normalized spacial score (nSPS) is 15.6. The third-order valence-electron chi connectivity index (χ3n) is 6.59. The molecule has 2 N–H and O–H groups in total. The molecule has 0 bridgehead atoms. The number of nitrogens with two attached hydrogens (primary N) is 1. The minimum absolute atomic E-state index is 0.321. The molecule has 34 heavy (non-hydrogen) atoms. The lowest BCUT2D eigenvalue weighted by Crippen LogP contribution is -2.48.